The van der Waals surface area contributed by atoms with E-state index < -0.39 is 0 Å². The summed E-state index contributed by atoms with van der Waals surface area (Å²) in [5, 5.41) is 3.41. The van der Waals surface area contributed by atoms with E-state index in [1.54, 1.807) is 0 Å². The Hall–Kier alpha value is -0.770. The number of rotatable bonds is 0. The van der Waals surface area contributed by atoms with Crippen LogP contribution in [0.5, 0.6) is 0 Å². The lowest BCUT2D eigenvalue weighted by Crippen LogP contribution is -2.50. The van der Waals surface area contributed by atoms with Gasteiger partial charge in [-0.1, -0.05) is 6.92 Å². The molecular formula is C13H23N3O. The molecule has 0 spiro atoms. The third kappa shape index (κ3) is 2.03. The van der Waals surface area contributed by atoms with E-state index in [1.807, 2.05) is 0 Å². The zero-order valence-electron chi connectivity index (χ0n) is 10.7. The first kappa shape index (κ1) is 11.3. The van der Waals surface area contributed by atoms with Crippen molar-refractivity contribution in [2.75, 3.05) is 32.7 Å². The van der Waals surface area contributed by atoms with Crippen LogP contribution < -0.4 is 5.32 Å². The van der Waals surface area contributed by atoms with Gasteiger partial charge in [0.05, 0.1) is 0 Å². The van der Waals surface area contributed by atoms with Crippen LogP contribution in [0.3, 0.4) is 0 Å². The van der Waals surface area contributed by atoms with Crippen LogP contribution >= 0.6 is 0 Å². The highest BCUT2D eigenvalue weighted by molar-refractivity contribution is 5.75. The number of piperidine rings is 1. The Morgan fingerprint density at radius 1 is 1.24 bits per heavy atom. The first-order valence-electron chi connectivity index (χ1n) is 7.02. The van der Waals surface area contributed by atoms with E-state index in [9.17, 15) is 4.79 Å². The summed E-state index contributed by atoms with van der Waals surface area (Å²) < 4.78 is 0. The highest BCUT2D eigenvalue weighted by Gasteiger charge is 2.41. The largest absolute Gasteiger partial charge is 0.324 e. The van der Waals surface area contributed by atoms with Gasteiger partial charge in [-0.25, -0.2) is 4.79 Å². The van der Waals surface area contributed by atoms with Gasteiger partial charge in [-0.3, -0.25) is 0 Å². The summed E-state index contributed by atoms with van der Waals surface area (Å²) in [5.74, 6) is 1.38. The van der Waals surface area contributed by atoms with Crippen LogP contribution in [0.1, 0.15) is 26.2 Å². The highest BCUT2D eigenvalue weighted by Crippen LogP contribution is 2.29. The Balaban J connectivity index is 1.65. The average Bonchev–Trinajstić information content (AvgIpc) is 2.89. The monoisotopic (exact) mass is 237 g/mol. The van der Waals surface area contributed by atoms with Gasteiger partial charge in [0.1, 0.15) is 0 Å². The second-order valence-electron chi connectivity index (χ2n) is 5.94. The molecular weight excluding hydrogens is 214 g/mol. The maximum atomic E-state index is 12.5. The summed E-state index contributed by atoms with van der Waals surface area (Å²) in [4.78, 5) is 16.7. The molecule has 17 heavy (non-hydrogen) atoms. The van der Waals surface area contributed by atoms with E-state index in [0.29, 0.717) is 23.9 Å². The Kier molecular flexibility index (Phi) is 2.99. The molecule has 3 fully saturated rings. The number of nitrogens with zero attached hydrogens (tertiary/aromatic N) is 2. The Morgan fingerprint density at radius 2 is 2.12 bits per heavy atom. The molecule has 96 valence electrons. The standard InChI is InChI=1S/C13H23N3O/c1-10-3-2-5-15(9-10)13(17)16-6-4-11-7-14-8-12(11)16/h10-12,14H,2-9H2,1H3/t10?,11-,12+/m0/s1. The molecule has 0 radical (unpaired) electrons. The van der Waals surface area contributed by atoms with E-state index in [0.717, 1.165) is 32.7 Å². The third-order valence-electron chi connectivity index (χ3n) is 4.62. The molecule has 0 aromatic carbocycles. The van der Waals surface area contributed by atoms with E-state index in [2.05, 4.69) is 22.0 Å². The molecule has 3 rings (SSSR count). The minimum atomic E-state index is 0.299. The van der Waals surface area contributed by atoms with Crippen molar-refractivity contribution in [1.82, 2.24) is 15.1 Å². The maximum absolute atomic E-state index is 12.5. The van der Waals surface area contributed by atoms with Gasteiger partial charge in [0.25, 0.3) is 0 Å². The van der Waals surface area contributed by atoms with Gasteiger partial charge in [-0.05, 0) is 31.1 Å². The van der Waals surface area contributed by atoms with Crippen molar-refractivity contribution in [2.45, 2.75) is 32.2 Å². The molecule has 3 heterocycles. The molecule has 3 saturated heterocycles. The molecule has 4 heteroatoms. The van der Waals surface area contributed by atoms with Gasteiger partial charge in [0.2, 0.25) is 0 Å². The van der Waals surface area contributed by atoms with Gasteiger partial charge < -0.3 is 15.1 Å². The smallest absolute Gasteiger partial charge is 0.320 e. The number of nitrogens with one attached hydrogen (secondary N) is 1. The molecule has 0 aromatic heterocycles. The molecule has 0 bridgehead atoms. The Labute approximate surface area is 103 Å². The van der Waals surface area contributed by atoms with Gasteiger partial charge in [0.15, 0.2) is 0 Å². The number of urea groups is 1. The summed E-state index contributed by atoms with van der Waals surface area (Å²) in [5.41, 5.74) is 0. The van der Waals surface area contributed by atoms with Crippen LogP contribution in [0, 0.1) is 11.8 Å². The fourth-order valence-electron chi connectivity index (χ4n) is 3.63. The zero-order valence-corrected chi connectivity index (χ0v) is 10.7. The fraction of sp³-hybridized carbons (Fsp3) is 0.923. The number of hydrogen-bond acceptors (Lipinski definition) is 2. The molecule has 3 atom stereocenters. The van der Waals surface area contributed by atoms with Crippen LogP contribution in [0.15, 0.2) is 0 Å². The average molecular weight is 237 g/mol. The van der Waals surface area contributed by atoms with Gasteiger partial charge in [-0.2, -0.15) is 0 Å². The first-order valence-corrected chi connectivity index (χ1v) is 7.02. The van der Waals surface area contributed by atoms with Gasteiger partial charge in [0, 0.05) is 38.8 Å². The number of carbonyl (C=O) groups excluding carboxylic acids is 1. The van der Waals surface area contributed by atoms with Gasteiger partial charge in [-0.15, -0.1) is 0 Å². The molecule has 3 aliphatic heterocycles. The van der Waals surface area contributed by atoms with Crippen LogP contribution in [0.2, 0.25) is 0 Å². The van der Waals surface area contributed by atoms with Crippen LogP contribution in [-0.4, -0.2) is 54.6 Å². The van der Waals surface area contributed by atoms with Crippen molar-refractivity contribution in [3.63, 3.8) is 0 Å². The molecule has 0 aliphatic carbocycles. The topological polar surface area (TPSA) is 35.6 Å². The second-order valence-corrected chi connectivity index (χ2v) is 5.94. The fourth-order valence-corrected chi connectivity index (χ4v) is 3.63. The van der Waals surface area contributed by atoms with Crippen molar-refractivity contribution in [1.29, 1.82) is 0 Å². The number of hydrogen-bond donors (Lipinski definition) is 1. The van der Waals surface area contributed by atoms with Crippen molar-refractivity contribution >= 4 is 6.03 Å². The maximum Gasteiger partial charge on any atom is 0.320 e. The van der Waals surface area contributed by atoms with E-state index in [1.165, 1.54) is 19.3 Å². The second kappa shape index (κ2) is 4.48. The Morgan fingerprint density at radius 3 is 2.94 bits per heavy atom. The lowest BCUT2D eigenvalue weighted by Gasteiger charge is -2.35. The molecule has 2 amide bonds. The summed E-state index contributed by atoms with van der Waals surface area (Å²) in [7, 11) is 0. The molecule has 0 aromatic rings. The van der Waals surface area contributed by atoms with E-state index in [-0.39, 0.29) is 0 Å². The summed E-state index contributed by atoms with van der Waals surface area (Å²) >= 11 is 0. The summed E-state index contributed by atoms with van der Waals surface area (Å²) in [6, 6.07) is 0.771. The highest BCUT2D eigenvalue weighted by atomic mass is 16.2. The van der Waals surface area contributed by atoms with Crippen LogP contribution in [-0.2, 0) is 0 Å². The Bertz CT molecular complexity index is 307. The minimum absolute atomic E-state index is 0.299. The first-order chi connectivity index (χ1) is 8.25. The van der Waals surface area contributed by atoms with E-state index in [4.69, 9.17) is 0 Å². The minimum Gasteiger partial charge on any atom is -0.324 e. The third-order valence-corrected chi connectivity index (χ3v) is 4.62. The molecule has 4 nitrogen and oxygen atoms in total. The molecule has 3 aliphatic rings. The predicted octanol–water partition coefficient (Wildman–Crippen LogP) is 1.13. The normalized spacial score (nSPS) is 37.4. The molecule has 1 N–H and O–H groups in total. The number of amides is 2. The number of carbonyl (C=O) groups is 1. The lowest BCUT2D eigenvalue weighted by molar-refractivity contribution is 0.127. The molecule has 0 saturated carbocycles. The van der Waals surface area contributed by atoms with Crippen molar-refractivity contribution in [2.24, 2.45) is 11.8 Å². The zero-order chi connectivity index (χ0) is 11.8. The predicted molar refractivity (Wildman–Crippen MR) is 66.8 cm³/mol. The molecule has 1 unspecified atom stereocenters. The number of fused-ring (bicyclic) bond motifs is 1. The van der Waals surface area contributed by atoms with Crippen molar-refractivity contribution in [3.8, 4) is 0 Å². The number of likely N-dealkylation sites (tertiary alicyclic amines) is 2. The quantitative estimate of drug-likeness (QED) is 0.685. The van der Waals surface area contributed by atoms with Crippen molar-refractivity contribution in [3.05, 3.63) is 0 Å². The van der Waals surface area contributed by atoms with E-state index >= 15 is 0 Å². The van der Waals surface area contributed by atoms with Gasteiger partial charge >= 0.3 is 6.03 Å². The SMILES string of the molecule is CC1CCCN(C(=O)N2CC[C@H]3CNC[C@H]32)C1. The summed E-state index contributed by atoms with van der Waals surface area (Å²) in [6.07, 6.45) is 3.64. The summed E-state index contributed by atoms with van der Waals surface area (Å²) in [6.45, 7) is 7.25. The lowest BCUT2D eigenvalue weighted by atomic mass is 10.0. The van der Waals surface area contributed by atoms with Crippen molar-refractivity contribution < 1.29 is 4.79 Å². The van der Waals surface area contributed by atoms with Crippen LogP contribution in [0.4, 0.5) is 4.79 Å². The van der Waals surface area contributed by atoms with Crippen LogP contribution in [0.25, 0.3) is 0 Å².